The van der Waals surface area contributed by atoms with Crippen LogP contribution in [0.25, 0.3) is 11.1 Å². The molecule has 0 aliphatic rings. The third-order valence-electron chi connectivity index (χ3n) is 3.12. The second-order valence-corrected chi connectivity index (χ2v) is 5.47. The van der Waals surface area contributed by atoms with Crippen LogP contribution in [0.2, 0.25) is 0 Å². The standard InChI is InChI=1S/C16H15N3OS/c1-20-15-7-5-13(6-8-15)14-4-2-3-12(9-14)10-21-16-17-11-18-19-16/h2-9,11H,10H2,1H3,(H,17,18,19). The van der Waals surface area contributed by atoms with E-state index in [0.717, 1.165) is 16.7 Å². The molecule has 2 aromatic carbocycles. The number of rotatable bonds is 5. The van der Waals surface area contributed by atoms with Gasteiger partial charge in [-0.3, -0.25) is 5.10 Å². The van der Waals surface area contributed by atoms with Crippen LogP contribution in [0.4, 0.5) is 0 Å². The van der Waals surface area contributed by atoms with Gasteiger partial charge in [-0.2, -0.15) is 5.10 Å². The number of hydrogen-bond acceptors (Lipinski definition) is 4. The lowest BCUT2D eigenvalue weighted by Gasteiger charge is -2.06. The molecule has 0 aliphatic carbocycles. The Kier molecular flexibility index (Phi) is 4.21. The summed E-state index contributed by atoms with van der Waals surface area (Å²) in [5.41, 5.74) is 3.64. The van der Waals surface area contributed by atoms with E-state index in [-0.39, 0.29) is 0 Å². The smallest absolute Gasteiger partial charge is 0.183 e. The highest BCUT2D eigenvalue weighted by molar-refractivity contribution is 7.98. The first-order chi connectivity index (χ1) is 10.3. The second kappa shape index (κ2) is 6.45. The minimum atomic E-state index is 0.838. The lowest BCUT2D eigenvalue weighted by atomic mass is 10.0. The van der Waals surface area contributed by atoms with Crippen molar-refractivity contribution in [2.24, 2.45) is 0 Å². The largest absolute Gasteiger partial charge is 0.497 e. The molecule has 0 saturated carbocycles. The summed E-state index contributed by atoms with van der Waals surface area (Å²) in [7, 11) is 1.68. The van der Waals surface area contributed by atoms with Gasteiger partial charge in [0, 0.05) is 5.75 Å². The monoisotopic (exact) mass is 297 g/mol. The maximum Gasteiger partial charge on any atom is 0.183 e. The van der Waals surface area contributed by atoms with E-state index in [1.54, 1.807) is 18.9 Å². The summed E-state index contributed by atoms with van der Waals surface area (Å²) in [6, 6.07) is 16.6. The molecule has 0 spiro atoms. The van der Waals surface area contributed by atoms with Crippen LogP contribution in [0.5, 0.6) is 5.75 Å². The Balaban J connectivity index is 1.75. The van der Waals surface area contributed by atoms with Crippen LogP contribution < -0.4 is 4.74 Å². The Morgan fingerprint density at radius 1 is 1.10 bits per heavy atom. The van der Waals surface area contributed by atoms with Gasteiger partial charge in [-0.15, -0.1) is 0 Å². The average molecular weight is 297 g/mol. The molecule has 1 N–H and O–H groups in total. The molecule has 1 aromatic heterocycles. The topological polar surface area (TPSA) is 50.8 Å². The molecule has 106 valence electrons. The fraction of sp³-hybridized carbons (Fsp3) is 0.125. The summed E-state index contributed by atoms with van der Waals surface area (Å²) < 4.78 is 5.19. The van der Waals surface area contributed by atoms with Crippen molar-refractivity contribution in [1.29, 1.82) is 0 Å². The van der Waals surface area contributed by atoms with Crippen molar-refractivity contribution in [3.8, 4) is 16.9 Å². The quantitative estimate of drug-likeness (QED) is 0.728. The number of methoxy groups -OCH3 is 1. The SMILES string of the molecule is COc1ccc(-c2cccc(CSc3ncn[nH]3)c2)cc1. The van der Waals surface area contributed by atoms with E-state index >= 15 is 0 Å². The summed E-state index contributed by atoms with van der Waals surface area (Å²) in [6.45, 7) is 0. The van der Waals surface area contributed by atoms with E-state index in [9.17, 15) is 0 Å². The van der Waals surface area contributed by atoms with E-state index in [4.69, 9.17) is 4.74 Å². The molecule has 0 atom stereocenters. The van der Waals surface area contributed by atoms with Crippen LogP contribution in [0.1, 0.15) is 5.56 Å². The first-order valence-corrected chi connectivity index (χ1v) is 7.55. The van der Waals surface area contributed by atoms with Crippen LogP contribution in [-0.4, -0.2) is 22.3 Å². The fourth-order valence-electron chi connectivity index (χ4n) is 2.04. The van der Waals surface area contributed by atoms with Crippen molar-refractivity contribution < 1.29 is 4.74 Å². The van der Waals surface area contributed by atoms with Gasteiger partial charge in [-0.05, 0) is 28.8 Å². The van der Waals surface area contributed by atoms with E-state index in [1.165, 1.54) is 23.0 Å². The molecular formula is C16H15N3OS. The van der Waals surface area contributed by atoms with Gasteiger partial charge in [0.25, 0.3) is 0 Å². The van der Waals surface area contributed by atoms with Gasteiger partial charge in [-0.25, -0.2) is 4.98 Å². The van der Waals surface area contributed by atoms with Crippen molar-refractivity contribution in [3.05, 3.63) is 60.4 Å². The first kappa shape index (κ1) is 13.7. The molecule has 0 amide bonds. The van der Waals surface area contributed by atoms with Gasteiger partial charge in [0.1, 0.15) is 12.1 Å². The number of aromatic amines is 1. The summed E-state index contributed by atoms with van der Waals surface area (Å²) in [5.74, 6) is 1.73. The number of benzene rings is 2. The van der Waals surface area contributed by atoms with Crippen LogP contribution in [0.15, 0.2) is 60.0 Å². The predicted molar refractivity (Wildman–Crippen MR) is 84.4 cm³/mol. The van der Waals surface area contributed by atoms with Crippen molar-refractivity contribution in [3.63, 3.8) is 0 Å². The molecular weight excluding hydrogens is 282 g/mol. The molecule has 0 radical (unpaired) electrons. The minimum Gasteiger partial charge on any atom is -0.497 e. The molecule has 0 bridgehead atoms. The summed E-state index contributed by atoms with van der Waals surface area (Å²) in [4.78, 5) is 4.11. The Morgan fingerprint density at radius 2 is 1.95 bits per heavy atom. The van der Waals surface area contributed by atoms with Gasteiger partial charge in [0.05, 0.1) is 7.11 Å². The molecule has 21 heavy (non-hydrogen) atoms. The van der Waals surface area contributed by atoms with E-state index in [0.29, 0.717) is 0 Å². The average Bonchev–Trinajstić information content (AvgIpc) is 3.07. The third-order valence-corrected chi connectivity index (χ3v) is 4.07. The number of nitrogens with zero attached hydrogens (tertiary/aromatic N) is 2. The van der Waals surface area contributed by atoms with Gasteiger partial charge < -0.3 is 4.74 Å². The molecule has 5 heteroatoms. The van der Waals surface area contributed by atoms with Crippen LogP contribution in [-0.2, 0) is 5.75 Å². The normalized spacial score (nSPS) is 10.5. The van der Waals surface area contributed by atoms with Crippen molar-refractivity contribution in [2.75, 3.05) is 7.11 Å². The van der Waals surface area contributed by atoms with Crippen LogP contribution >= 0.6 is 11.8 Å². The number of hydrogen-bond donors (Lipinski definition) is 1. The van der Waals surface area contributed by atoms with Crippen molar-refractivity contribution >= 4 is 11.8 Å². The lowest BCUT2D eigenvalue weighted by Crippen LogP contribution is -1.86. The van der Waals surface area contributed by atoms with E-state index < -0.39 is 0 Å². The van der Waals surface area contributed by atoms with E-state index in [1.807, 2.05) is 12.1 Å². The van der Waals surface area contributed by atoms with E-state index in [2.05, 4.69) is 51.6 Å². The molecule has 3 rings (SSSR count). The first-order valence-electron chi connectivity index (χ1n) is 6.57. The zero-order chi connectivity index (χ0) is 14.5. The third kappa shape index (κ3) is 3.44. The Labute approximate surface area is 127 Å². The fourth-order valence-corrected chi connectivity index (χ4v) is 2.76. The molecule has 0 fully saturated rings. The molecule has 0 aliphatic heterocycles. The summed E-state index contributed by atoms with van der Waals surface area (Å²) >= 11 is 1.64. The predicted octanol–water partition coefficient (Wildman–Crippen LogP) is 3.77. The van der Waals surface area contributed by atoms with Gasteiger partial charge in [0.2, 0.25) is 0 Å². The highest BCUT2D eigenvalue weighted by Crippen LogP contribution is 2.25. The maximum atomic E-state index is 5.19. The number of thioether (sulfide) groups is 1. The zero-order valence-corrected chi connectivity index (χ0v) is 12.4. The zero-order valence-electron chi connectivity index (χ0n) is 11.6. The molecule has 1 heterocycles. The van der Waals surface area contributed by atoms with Gasteiger partial charge in [0.15, 0.2) is 5.16 Å². The molecule has 0 unspecified atom stereocenters. The maximum absolute atomic E-state index is 5.19. The highest BCUT2D eigenvalue weighted by Gasteiger charge is 2.02. The van der Waals surface area contributed by atoms with Crippen LogP contribution in [0.3, 0.4) is 0 Å². The Hall–Kier alpha value is -2.27. The Bertz CT molecular complexity index is 696. The number of nitrogens with one attached hydrogen (secondary N) is 1. The molecule has 0 saturated heterocycles. The number of ether oxygens (including phenoxy) is 1. The van der Waals surface area contributed by atoms with Crippen LogP contribution in [0, 0.1) is 0 Å². The van der Waals surface area contributed by atoms with Gasteiger partial charge >= 0.3 is 0 Å². The van der Waals surface area contributed by atoms with Crippen molar-refractivity contribution in [1.82, 2.24) is 15.2 Å². The van der Waals surface area contributed by atoms with Crippen molar-refractivity contribution in [2.45, 2.75) is 10.9 Å². The number of H-pyrrole nitrogens is 1. The highest BCUT2D eigenvalue weighted by atomic mass is 32.2. The summed E-state index contributed by atoms with van der Waals surface area (Å²) in [6.07, 6.45) is 1.52. The lowest BCUT2D eigenvalue weighted by molar-refractivity contribution is 0.415. The molecule has 4 nitrogen and oxygen atoms in total. The summed E-state index contributed by atoms with van der Waals surface area (Å²) in [5, 5.41) is 7.54. The number of aromatic nitrogens is 3. The minimum absolute atomic E-state index is 0.838. The second-order valence-electron chi connectivity index (χ2n) is 4.51. The Morgan fingerprint density at radius 3 is 2.67 bits per heavy atom. The molecule has 3 aromatic rings. The van der Waals surface area contributed by atoms with Gasteiger partial charge in [-0.1, -0.05) is 48.2 Å².